The van der Waals surface area contributed by atoms with Crippen LogP contribution in [0.1, 0.15) is 30.1 Å². The second kappa shape index (κ2) is 8.48. The molecule has 4 rings (SSSR count). The number of rotatable bonds is 5. The molecule has 7 heteroatoms. The van der Waals surface area contributed by atoms with E-state index in [-0.39, 0.29) is 6.10 Å². The van der Waals surface area contributed by atoms with Gasteiger partial charge in [0.15, 0.2) is 11.9 Å². The molecule has 0 spiro atoms. The van der Waals surface area contributed by atoms with E-state index in [0.29, 0.717) is 30.7 Å². The van der Waals surface area contributed by atoms with Crippen LogP contribution in [0.3, 0.4) is 0 Å². The molecule has 2 aliphatic rings. The fourth-order valence-corrected chi connectivity index (χ4v) is 3.76. The third-order valence-electron chi connectivity index (χ3n) is 5.41. The standard InChI is InChI=1S/C21H26N4O3/c22-21(26)24-12-15-7-10-25(11-8-15)13-16-3-5-17(6-4-16)19-14-27-18-2-1-9-23-20(18)28-19/h1-6,9,15,19H,7-8,10-14H2,(H3,22,24,26)/t19-/m1/s1. The predicted molar refractivity (Wildman–Crippen MR) is 105 cm³/mol. The quantitative estimate of drug-likeness (QED) is 0.829. The molecule has 0 radical (unpaired) electrons. The maximum Gasteiger partial charge on any atom is 0.312 e. The molecule has 0 aliphatic carbocycles. The molecule has 28 heavy (non-hydrogen) atoms. The highest BCUT2D eigenvalue weighted by atomic mass is 16.6. The fourth-order valence-electron chi connectivity index (χ4n) is 3.76. The van der Waals surface area contributed by atoms with E-state index in [0.717, 1.165) is 38.0 Å². The summed E-state index contributed by atoms with van der Waals surface area (Å²) < 4.78 is 11.7. The molecule has 148 valence electrons. The van der Waals surface area contributed by atoms with Gasteiger partial charge in [-0.05, 0) is 55.1 Å². The van der Waals surface area contributed by atoms with E-state index in [1.165, 1.54) is 5.56 Å². The van der Waals surface area contributed by atoms with Gasteiger partial charge in [0.25, 0.3) is 5.88 Å². The number of hydrogen-bond acceptors (Lipinski definition) is 5. The summed E-state index contributed by atoms with van der Waals surface area (Å²) in [6.07, 6.45) is 3.74. The third kappa shape index (κ3) is 4.54. The number of nitrogens with one attached hydrogen (secondary N) is 1. The minimum Gasteiger partial charge on any atom is -0.484 e. The normalized spacial score (nSPS) is 19.9. The average Bonchev–Trinajstić information content (AvgIpc) is 2.73. The Morgan fingerprint density at radius 1 is 1.21 bits per heavy atom. The number of aromatic nitrogens is 1. The van der Waals surface area contributed by atoms with E-state index in [2.05, 4.69) is 39.5 Å². The minimum absolute atomic E-state index is 0.134. The highest BCUT2D eigenvalue weighted by Crippen LogP contribution is 2.34. The van der Waals surface area contributed by atoms with Gasteiger partial charge in [-0.15, -0.1) is 0 Å². The number of urea groups is 1. The summed E-state index contributed by atoms with van der Waals surface area (Å²) in [5.41, 5.74) is 7.53. The van der Waals surface area contributed by atoms with Crippen LogP contribution in [0.2, 0.25) is 0 Å². The maximum absolute atomic E-state index is 10.8. The molecule has 3 heterocycles. The first-order chi connectivity index (χ1) is 13.7. The first kappa shape index (κ1) is 18.6. The van der Waals surface area contributed by atoms with E-state index < -0.39 is 6.03 Å². The second-order valence-electron chi connectivity index (χ2n) is 7.43. The molecule has 7 nitrogen and oxygen atoms in total. The molecule has 0 bridgehead atoms. The van der Waals surface area contributed by atoms with Crippen molar-refractivity contribution in [2.24, 2.45) is 11.7 Å². The largest absolute Gasteiger partial charge is 0.484 e. The van der Waals surface area contributed by atoms with E-state index in [9.17, 15) is 4.79 Å². The predicted octanol–water partition coefficient (Wildman–Crippen LogP) is 2.47. The van der Waals surface area contributed by atoms with Crippen molar-refractivity contribution in [3.05, 3.63) is 53.7 Å². The Hall–Kier alpha value is -2.80. The molecule has 1 aromatic heterocycles. The number of nitrogens with zero attached hydrogens (tertiary/aromatic N) is 2. The summed E-state index contributed by atoms with van der Waals surface area (Å²) in [7, 11) is 0. The summed E-state index contributed by atoms with van der Waals surface area (Å²) in [6.45, 7) is 4.18. The lowest BCUT2D eigenvalue weighted by molar-refractivity contribution is 0.0850. The van der Waals surface area contributed by atoms with Crippen molar-refractivity contribution >= 4 is 6.03 Å². The molecule has 0 saturated carbocycles. The molecule has 2 amide bonds. The first-order valence-corrected chi connectivity index (χ1v) is 9.76. The van der Waals surface area contributed by atoms with Gasteiger partial charge in [0.05, 0.1) is 0 Å². The Balaban J connectivity index is 1.28. The number of piperidine rings is 1. The van der Waals surface area contributed by atoms with E-state index in [4.69, 9.17) is 15.2 Å². The molecule has 1 saturated heterocycles. The van der Waals surface area contributed by atoms with Gasteiger partial charge in [0, 0.05) is 19.3 Å². The number of carbonyl (C=O) groups excluding carboxylic acids is 1. The Morgan fingerprint density at radius 2 is 2.00 bits per heavy atom. The van der Waals surface area contributed by atoms with Crippen LogP contribution in [-0.4, -0.2) is 42.2 Å². The van der Waals surface area contributed by atoms with Gasteiger partial charge in [0.1, 0.15) is 6.61 Å². The molecule has 1 atom stereocenters. The van der Waals surface area contributed by atoms with E-state index in [1.54, 1.807) is 6.20 Å². The molecule has 2 aliphatic heterocycles. The Morgan fingerprint density at radius 3 is 2.75 bits per heavy atom. The van der Waals surface area contributed by atoms with Crippen LogP contribution < -0.4 is 20.5 Å². The number of ether oxygens (including phenoxy) is 2. The SMILES string of the molecule is NC(=O)NCC1CCN(Cc2ccc([C@H]3COc4cccnc4O3)cc2)CC1. The zero-order valence-electron chi connectivity index (χ0n) is 15.8. The highest BCUT2D eigenvalue weighted by molar-refractivity contribution is 5.71. The van der Waals surface area contributed by atoms with Crippen LogP contribution in [0.25, 0.3) is 0 Å². The summed E-state index contributed by atoms with van der Waals surface area (Å²) in [5.74, 6) is 1.77. The van der Waals surface area contributed by atoms with Crippen molar-refractivity contribution in [1.29, 1.82) is 0 Å². The molecular formula is C21H26N4O3. The minimum atomic E-state index is -0.436. The number of carbonyl (C=O) groups is 1. The van der Waals surface area contributed by atoms with Gasteiger partial charge >= 0.3 is 6.03 Å². The zero-order valence-corrected chi connectivity index (χ0v) is 15.8. The fraction of sp³-hybridized carbons (Fsp3) is 0.429. The second-order valence-corrected chi connectivity index (χ2v) is 7.43. The van der Waals surface area contributed by atoms with Crippen LogP contribution in [0, 0.1) is 5.92 Å². The number of amides is 2. The van der Waals surface area contributed by atoms with Crippen LogP contribution in [0.5, 0.6) is 11.6 Å². The van der Waals surface area contributed by atoms with Crippen molar-refractivity contribution < 1.29 is 14.3 Å². The number of pyridine rings is 1. The van der Waals surface area contributed by atoms with Gasteiger partial charge in [-0.1, -0.05) is 24.3 Å². The first-order valence-electron chi connectivity index (χ1n) is 9.76. The number of nitrogens with two attached hydrogens (primary N) is 1. The lowest BCUT2D eigenvalue weighted by Crippen LogP contribution is -2.39. The summed E-state index contributed by atoms with van der Waals surface area (Å²) >= 11 is 0. The average molecular weight is 382 g/mol. The maximum atomic E-state index is 10.8. The van der Waals surface area contributed by atoms with Crippen LogP contribution in [0.15, 0.2) is 42.6 Å². The topological polar surface area (TPSA) is 89.7 Å². The van der Waals surface area contributed by atoms with Gasteiger partial charge < -0.3 is 20.5 Å². The number of hydrogen-bond donors (Lipinski definition) is 2. The molecule has 0 unspecified atom stereocenters. The molecular weight excluding hydrogens is 356 g/mol. The monoisotopic (exact) mass is 382 g/mol. The van der Waals surface area contributed by atoms with Gasteiger partial charge in [0.2, 0.25) is 0 Å². The van der Waals surface area contributed by atoms with Gasteiger partial charge in [-0.25, -0.2) is 9.78 Å². The van der Waals surface area contributed by atoms with E-state index >= 15 is 0 Å². The van der Waals surface area contributed by atoms with Crippen molar-refractivity contribution in [2.45, 2.75) is 25.5 Å². The van der Waals surface area contributed by atoms with Crippen LogP contribution >= 0.6 is 0 Å². The molecule has 3 N–H and O–H groups in total. The number of benzene rings is 1. The van der Waals surface area contributed by atoms with Crippen molar-refractivity contribution in [2.75, 3.05) is 26.2 Å². The van der Waals surface area contributed by atoms with Gasteiger partial charge in [-0.3, -0.25) is 4.90 Å². The Labute approximate surface area is 164 Å². The zero-order chi connectivity index (χ0) is 19.3. The van der Waals surface area contributed by atoms with Gasteiger partial charge in [-0.2, -0.15) is 0 Å². The van der Waals surface area contributed by atoms with Crippen LogP contribution in [0.4, 0.5) is 4.79 Å². The molecule has 2 aromatic rings. The van der Waals surface area contributed by atoms with E-state index in [1.807, 2.05) is 12.1 Å². The Kier molecular flexibility index (Phi) is 5.62. The summed E-state index contributed by atoms with van der Waals surface area (Å²) in [4.78, 5) is 17.5. The lowest BCUT2D eigenvalue weighted by atomic mass is 9.96. The lowest BCUT2D eigenvalue weighted by Gasteiger charge is -2.32. The van der Waals surface area contributed by atoms with Crippen molar-refractivity contribution in [3.8, 4) is 11.6 Å². The highest BCUT2D eigenvalue weighted by Gasteiger charge is 2.24. The van der Waals surface area contributed by atoms with Crippen LogP contribution in [-0.2, 0) is 6.54 Å². The molecule has 1 aromatic carbocycles. The number of primary amides is 1. The van der Waals surface area contributed by atoms with Crippen molar-refractivity contribution in [1.82, 2.24) is 15.2 Å². The smallest absolute Gasteiger partial charge is 0.312 e. The summed E-state index contributed by atoms with van der Waals surface area (Å²) in [5, 5.41) is 2.72. The number of likely N-dealkylation sites (tertiary alicyclic amines) is 1. The third-order valence-corrected chi connectivity index (χ3v) is 5.41. The number of fused-ring (bicyclic) bond motifs is 1. The molecule has 1 fully saturated rings. The van der Waals surface area contributed by atoms with Crippen molar-refractivity contribution in [3.63, 3.8) is 0 Å². The Bertz CT molecular complexity index is 804. The summed E-state index contributed by atoms with van der Waals surface area (Å²) in [6, 6.07) is 11.8.